The maximum atomic E-state index is 12.9. The summed E-state index contributed by atoms with van der Waals surface area (Å²) in [5.41, 5.74) is 0.689. The van der Waals surface area contributed by atoms with E-state index >= 15 is 0 Å². The summed E-state index contributed by atoms with van der Waals surface area (Å²) in [6, 6.07) is 16.7. The average molecular weight is 411 g/mol. The Morgan fingerprint density at radius 3 is 2.66 bits per heavy atom. The summed E-state index contributed by atoms with van der Waals surface area (Å²) in [5.74, 6) is 0.696. The third kappa shape index (κ3) is 4.00. The highest BCUT2D eigenvalue weighted by Gasteiger charge is 2.27. The maximum absolute atomic E-state index is 12.9. The number of para-hydroxylation sites is 1. The Morgan fingerprint density at radius 2 is 1.90 bits per heavy atom. The zero-order chi connectivity index (χ0) is 20.4. The number of ether oxygens (including phenoxy) is 1. The Kier molecular flexibility index (Phi) is 5.56. The van der Waals surface area contributed by atoms with Crippen molar-refractivity contribution in [1.29, 1.82) is 0 Å². The van der Waals surface area contributed by atoms with Crippen LogP contribution in [-0.2, 0) is 9.84 Å². The average Bonchev–Trinajstić information content (AvgIpc) is 3.21. The minimum Gasteiger partial charge on any atom is -0.490 e. The number of rotatable bonds is 6. The molecule has 1 aromatic heterocycles. The zero-order valence-corrected chi connectivity index (χ0v) is 17.6. The second-order valence-corrected chi connectivity index (χ2v) is 9.70. The Hall–Kier alpha value is -2.44. The van der Waals surface area contributed by atoms with E-state index in [2.05, 4.69) is 23.7 Å². The van der Waals surface area contributed by atoms with E-state index in [0.717, 1.165) is 18.4 Å². The highest BCUT2D eigenvalue weighted by atomic mass is 32.2. The molecule has 1 atom stereocenters. The zero-order valence-electron chi connectivity index (χ0n) is 16.8. The summed E-state index contributed by atoms with van der Waals surface area (Å²) in [6.45, 7) is 6.15. The third-order valence-electron chi connectivity index (χ3n) is 5.53. The quantitative estimate of drug-likeness (QED) is 0.606. The summed E-state index contributed by atoms with van der Waals surface area (Å²) < 4.78 is 31.9. The fourth-order valence-corrected chi connectivity index (χ4v) is 5.28. The topological polar surface area (TPSA) is 59.5 Å². The van der Waals surface area contributed by atoms with Gasteiger partial charge in [0.05, 0.1) is 9.79 Å². The van der Waals surface area contributed by atoms with Crippen LogP contribution in [0.1, 0.15) is 26.7 Å². The number of hydrogen-bond acceptors (Lipinski definition) is 5. The molecule has 0 aliphatic carbocycles. The molecule has 0 spiro atoms. The first kappa shape index (κ1) is 19.9. The molecule has 0 saturated carbocycles. The largest absolute Gasteiger partial charge is 0.490 e. The number of hydrogen-bond donors (Lipinski definition) is 0. The van der Waals surface area contributed by atoms with Gasteiger partial charge in [-0.2, -0.15) is 0 Å². The first-order valence-corrected chi connectivity index (χ1v) is 11.5. The Balaban J connectivity index is 1.60. The lowest BCUT2D eigenvalue weighted by Crippen LogP contribution is -2.39. The molecule has 1 aliphatic rings. The minimum atomic E-state index is -3.60. The van der Waals surface area contributed by atoms with Gasteiger partial charge in [-0.3, -0.25) is 9.88 Å². The van der Waals surface area contributed by atoms with Crippen molar-refractivity contribution in [1.82, 2.24) is 9.88 Å². The number of nitrogens with zero attached hydrogens (tertiary/aromatic N) is 2. The van der Waals surface area contributed by atoms with Crippen molar-refractivity contribution in [2.45, 2.75) is 48.6 Å². The number of aromatic nitrogens is 1. The predicted octanol–water partition coefficient (Wildman–Crippen LogP) is 4.32. The molecule has 0 radical (unpaired) electrons. The van der Waals surface area contributed by atoms with E-state index in [1.165, 1.54) is 12.6 Å². The van der Waals surface area contributed by atoms with Crippen LogP contribution in [0.3, 0.4) is 0 Å². The molecule has 1 saturated heterocycles. The third-order valence-corrected chi connectivity index (χ3v) is 7.27. The molecule has 29 heavy (non-hydrogen) atoms. The van der Waals surface area contributed by atoms with Crippen LogP contribution in [0.2, 0.25) is 0 Å². The summed E-state index contributed by atoms with van der Waals surface area (Å²) in [7, 11) is -3.60. The van der Waals surface area contributed by atoms with Crippen molar-refractivity contribution in [3.05, 3.63) is 60.8 Å². The van der Waals surface area contributed by atoms with Crippen LogP contribution in [0.5, 0.6) is 5.75 Å². The fourth-order valence-electron chi connectivity index (χ4n) is 4.01. The summed E-state index contributed by atoms with van der Waals surface area (Å²) in [4.78, 5) is 7.39. The van der Waals surface area contributed by atoms with Crippen molar-refractivity contribution in [3.63, 3.8) is 0 Å². The summed E-state index contributed by atoms with van der Waals surface area (Å²) in [6.07, 6.45) is 3.75. The van der Waals surface area contributed by atoms with Crippen LogP contribution in [0.4, 0.5) is 0 Å². The molecule has 2 heterocycles. The number of sulfone groups is 1. The number of likely N-dealkylation sites (tertiary alicyclic amines) is 1. The lowest BCUT2D eigenvalue weighted by Gasteiger charge is -2.28. The van der Waals surface area contributed by atoms with Gasteiger partial charge in [0.15, 0.2) is 0 Å². The molecule has 0 amide bonds. The van der Waals surface area contributed by atoms with Gasteiger partial charge in [0.1, 0.15) is 17.9 Å². The van der Waals surface area contributed by atoms with Gasteiger partial charge in [-0.25, -0.2) is 8.42 Å². The van der Waals surface area contributed by atoms with Gasteiger partial charge in [-0.05, 0) is 57.5 Å². The summed E-state index contributed by atoms with van der Waals surface area (Å²) in [5, 5.41) is 0.756. The Labute approximate surface area is 172 Å². The van der Waals surface area contributed by atoms with Gasteiger partial charge in [-0.1, -0.05) is 30.3 Å². The normalized spacial score (nSPS) is 17.8. The number of fused-ring (bicyclic) bond motifs is 1. The molecule has 6 heteroatoms. The number of pyridine rings is 1. The maximum Gasteiger partial charge on any atom is 0.208 e. The standard InChI is InChI=1S/C23H26N2O3S/c1-17(2)25-13-7-9-19(25)16-28-22-12-6-8-18-14-21(15-24-23(18)22)29(26,27)20-10-4-3-5-11-20/h3-6,8,10-12,14-15,17,19H,7,9,13,16H2,1-2H3/t19-/m0/s1. The minimum absolute atomic E-state index is 0.190. The van der Waals surface area contributed by atoms with E-state index in [0.29, 0.717) is 30.0 Å². The summed E-state index contributed by atoms with van der Waals surface area (Å²) >= 11 is 0. The van der Waals surface area contributed by atoms with Crippen LogP contribution in [0.15, 0.2) is 70.6 Å². The molecule has 5 nitrogen and oxygen atoms in total. The second kappa shape index (κ2) is 8.13. The molecule has 3 aromatic rings. The smallest absolute Gasteiger partial charge is 0.208 e. The molecule has 1 aliphatic heterocycles. The molecule has 0 unspecified atom stereocenters. The molecular weight excluding hydrogens is 384 g/mol. The molecule has 0 N–H and O–H groups in total. The Morgan fingerprint density at radius 1 is 1.10 bits per heavy atom. The predicted molar refractivity (Wildman–Crippen MR) is 114 cm³/mol. The van der Waals surface area contributed by atoms with Gasteiger partial charge >= 0.3 is 0 Å². The van der Waals surface area contributed by atoms with Crippen LogP contribution in [0.25, 0.3) is 10.9 Å². The van der Waals surface area contributed by atoms with Crippen molar-refractivity contribution in [2.24, 2.45) is 0 Å². The van der Waals surface area contributed by atoms with E-state index in [-0.39, 0.29) is 9.79 Å². The second-order valence-electron chi connectivity index (χ2n) is 7.75. The van der Waals surface area contributed by atoms with E-state index < -0.39 is 9.84 Å². The van der Waals surface area contributed by atoms with E-state index in [1.54, 1.807) is 36.4 Å². The van der Waals surface area contributed by atoms with Crippen LogP contribution < -0.4 is 4.74 Å². The SMILES string of the molecule is CC(C)N1CCC[C@H]1COc1cccc2cc(S(=O)(=O)c3ccccc3)cnc12. The fraction of sp³-hybridized carbons (Fsp3) is 0.348. The lowest BCUT2D eigenvalue weighted by molar-refractivity contribution is 0.145. The van der Waals surface area contributed by atoms with Crippen molar-refractivity contribution < 1.29 is 13.2 Å². The highest BCUT2D eigenvalue weighted by Crippen LogP contribution is 2.29. The van der Waals surface area contributed by atoms with Crippen molar-refractivity contribution in [3.8, 4) is 5.75 Å². The number of benzene rings is 2. The van der Waals surface area contributed by atoms with Crippen LogP contribution in [-0.4, -0.2) is 43.5 Å². The van der Waals surface area contributed by atoms with Gasteiger partial charge < -0.3 is 4.74 Å². The van der Waals surface area contributed by atoms with Gasteiger partial charge in [0, 0.05) is 23.7 Å². The van der Waals surface area contributed by atoms with Crippen molar-refractivity contribution >= 4 is 20.7 Å². The Bertz CT molecular complexity index is 1100. The molecule has 2 aromatic carbocycles. The molecule has 152 valence electrons. The van der Waals surface area contributed by atoms with E-state index in [9.17, 15) is 8.42 Å². The van der Waals surface area contributed by atoms with Gasteiger partial charge in [0.2, 0.25) is 9.84 Å². The molecular formula is C23H26N2O3S. The monoisotopic (exact) mass is 410 g/mol. The van der Waals surface area contributed by atoms with Crippen LogP contribution >= 0.6 is 0 Å². The van der Waals surface area contributed by atoms with Gasteiger partial charge in [0.25, 0.3) is 0 Å². The molecule has 1 fully saturated rings. The van der Waals surface area contributed by atoms with Crippen molar-refractivity contribution in [2.75, 3.05) is 13.2 Å². The first-order valence-electron chi connectivity index (χ1n) is 10.0. The van der Waals surface area contributed by atoms with E-state index in [4.69, 9.17) is 4.74 Å². The highest BCUT2D eigenvalue weighted by molar-refractivity contribution is 7.91. The first-order chi connectivity index (χ1) is 14.0. The van der Waals surface area contributed by atoms with Gasteiger partial charge in [-0.15, -0.1) is 0 Å². The van der Waals surface area contributed by atoms with E-state index in [1.807, 2.05) is 18.2 Å². The molecule has 4 rings (SSSR count). The lowest BCUT2D eigenvalue weighted by atomic mass is 10.2. The molecule has 0 bridgehead atoms. The van der Waals surface area contributed by atoms with Crippen LogP contribution in [0, 0.1) is 0 Å².